The third-order valence-corrected chi connectivity index (χ3v) is 6.17. The molecule has 5 rings (SSSR count). The van der Waals surface area contributed by atoms with E-state index in [1.165, 1.54) is 36.1 Å². The van der Waals surface area contributed by atoms with Gasteiger partial charge in [-0.15, -0.1) is 0 Å². The van der Waals surface area contributed by atoms with Gasteiger partial charge in [0.15, 0.2) is 0 Å². The molecule has 2 heterocycles. The van der Waals surface area contributed by atoms with Crippen LogP contribution in [0.5, 0.6) is 17.2 Å². The molecule has 2 aliphatic rings. The van der Waals surface area contributed by atoms with Crippen LogP contribution in [0.2, 0.25) is 0 Å². The largest absolute Gasteiger partial charge is 0.492 e. The molecule has 3 aromatic carbocycles. The molecule has 0 fully saturated rings. The molecular weight excluding hydrogens is 358 g/mol. The van der Waals surface area contributed by atoms with Crippen LogP contribution >= 0.6 is 0 Å². The lowest BCUT2D eigenvalue weighted by molar-refractivity contribution is 0.298. The highest BCUT2D eigenvalue weighted by atomic mass is 16.5. The Morgan fingerprint density at radius 1 is 0.897 bits per heavy atom. The van der Waals surface area contributed by atoms with Crippen LogP contribution in [0.25, 0.3) is 0 Å². The molecule has 0 amide bonds. The number of ether oxygens (including phenoxy) is 2. The van der Waals surface area contributed by atoms with Gasteiger partial charge in [0.25, 0.3) is 0 Å². The Bertz CT molecular complexity index is 1000. The van der Waals surface area contributed by atoms with E-state index in [9.17, 15) is 0 Å². The number of nitrogens with zero attached hydrogens (tertiary/aromatic N) is 1. The average molecular weight is 386 g/mol. The van der Waals surface area contributed by atoms with Crippen LogP contribution in [0.4, 0.5) is 5.69 Å². The van der Waals surface area contributed by atoms with Crippen molar-refractivity contribution in [3.63, 3.8) is 0 Å². The van der Waals surface area contributed by atoms with Crippen LogP contribution < -0.4 is 14.4 Å². The summed E-state index contributed by atoms with van der Waals surface area (Å²) >= 11 is 0. The number of para-hydroxylation sites is 2. The molecule has 1 spiro atoms. The molecule has 1 atom stereocenters. The fourth-order valence-electron chi connectivity index (χ4n) is 4.74. The van der Waals surface area contributed by atoms with Gasteiger partial charge in [-0.05, 0) is 36.2 Å². The van der Waals surface area contributed by atoms with Gasteiger partial charge >= 0.3 is 0 Å². The van der Waals surface area contributed by atoms with Crippen LogP contribution in [0.3, 0.4) is 0 Å². The maximum atomic E-state index is 6.24. The molecule has 0 N–H and O–H groups in total. The normalized spacial score (nSPS) is 19.1. The molecule has 0 aromatic heterocycles. The number of anilines is 1. The molecule has 0 saturated carbocycles. The van der Waals surface area contributed by atoms with E-state index in [0.717, 1.165) is 30.3 Å². The van der Waals surface area contributed by atoms with Gasteiger partial charge in [-0.3, -0.25) is 0 Å². The second-order valence-corrected chi connectivity index (χ2v) is 8.09. The first kappa shape index (κ1) is 18.1. The fraction of sp³-hybridized carbons (Fsp3) is 0.308. The quantitative estimate of drug-likeness (QED) is 0.474. The number of fused-ring (bicyclic) bond motifs is 4. The molecule has 0 radical (unpaired) electrons. The molecule has 3 heteroatoms. The van der Waals surface area contributed by atoms with Gasteiger partial charge in [-0.25, -0.2) is 0 Å². The first-order valence-corrected chi connectivity index (χ1v) is 10.6. The smallest absolute Gasteiger partial charge is 0.131 e. The molecule has 0 bridgehead atoms. The third kappa shape index (κ3) is 3.15. The van der Waals surface area contributed by atoms with Crippen molar-refractivity contribution in [1.82, 2.24) is 0 Å². The Kier molecular flexibility index (Phi) is 4.67. The molecule has 0 aliphatic carbocycles. The van der Waals surface area contributed by atoms with Crippen molar-refractivity contribution < 1.29 is 9.47 Å². The average Bonchev–Trinajstić information content (AvgIpc) is 3.28. The summed E-state index contributed by atoms with van der Waals surface area (Å²) in [7, 11) is 0. The minimum absolute atomic E-state index is 0.0799. The Labute approximate surface area is 172 Å². The lowest BCUT2D eigenvalue weighted by Crippen LogP contribution is -2.36. The minimum Gasteiger partial charge on any atom is -0.492 e. The molecule has 2 aliphatic heterocycles. The van der Waals surface area contributed by atoms with Crippen LogP contribution in [0.1, 0.15) is 37.3 Å². The van der Waals surface area contributed by atoms with Crippen LogP contribution in [-0.2, 0) is 5.41 Å². The van der Waals surface area contributed by atoms with E-state index < -0.39 is 0 Å². The SMILES string of the molecule is CCCCCN1CC2(COc3cc(Oc4ccccc4)ccc32)c2ccccc21. The van der Waals surface area contributed by atoms with Crippen molar-refractivity contribution in [3.8, 4) is 17.2 Å². The topological polar surface area (TPSA) is 21.7 Å². The number of unbranched alkanes of at least 4 members (excludes halogenated alkanes) is 2. The van der Waals surface area contributed by atoms with Crippen molar-refractivity contribution in [2.24, 2.45) is 0 Å². The number of hydrogen-bond donors (Lipinski definition) is 0. The first-order chi connectivity index (χ1) is 14.3. The Balaban J connectivity index is 1.46. The summed E-state index contributed by atoms with van der Waals surface area (Å²) in [6, 6.07) is 25.1. The highest BCUT2D eigenvalue weighted by Gasteiger charge is 2.49. The summed E-state index contributed by atoms with van der Waals surface area (Å²) < 4.78 is 12.3. The highest BCUT2D eigenvalue weighted by molar-refractivity contribution is 5.69. The maximum absolute atomic E-state index is 6.24. The van der Waals surface area contributed by atoms with Crippen molar-refractivity contribution in [1.29, 1.82) is 0 Å². The summed E-state index contributed by atoms with van der Waals surface area (Å²) in [6.45, 7) is 5.05. The zero-order valence-electron chi connectivity index (χ0n) is 16.9. The molecular formula is C26H27NO2. The number of benzene rings is 3. The lowest BCUT2D eigenvalue weighted by atomic mass is 9.78. The molecule has 1 unspecified atom stereocenters. The van der Waals surface area contributed by atoms with Crippen LogP contribution in [0, 0.1) is 0 Å². The van der Waals surface area contributed by atoms with Crippen molar-refractivity contribution in [2.75, 3.05) is 24.6 Å². The maximum Gasteiger partial charge on any atom is 0.131 e. The van der Waals surface area contributed by atoms with Gasteiger partial charge in [0.05, 0.1) is 5.41 Å². The standard InChI is InChI=1S/C26H27NO2/c1-2-3-9-16-27-18-26(22-12-7-8-13-24(22)27)19-28-25-17-21(14-15-23(25)26)29-20-10-5-4-6-11-20/h4-8,10-15,17H,2-3,9,16,18-19H2,1H3. The number of rotatable bonds is 6. The van der Waals surface area contributed by atoms with E-state index >= 15 is 0 Å². The molecule has 3 aromatic rings. The van der Waals surface area contributed by atoms with Crippen molar-refractivity contribution >= 4 is 5.69 Å². The summed E-state index contributed by atoms with van der Waals surface area (Å²) in [5.74, 6) is 2.61. The van der Waals surface area contributed by atoms with E-state index in [4.69, 9.17) is 9.47 Å². The van der Waals surface area contributed by atoms with Crippen LogP contribution in [0.15, 0.2) is 72.8 Å². The van der Waals surface area contributed by atoms with Gasteiger partial charge in [0.1, 0.15) is 23.9 Å². The Morgan fingerprint density at radius 3 is 2.59 bits per heavy atom. The summed E-state index contributed by atoms with van der Waals surface area (Å²) in [4.78, 5) is 2.55. The van der Waals surface area contributed by atoms with Gasteiger partial charge in [-0.2, -0.15) is 0 Å². The Hall–Kier alpha value is -2.94. The number of hydrogen-bond acceptors (Lipinski definition) is 3. The first-order valence-electron chi connectivity index (χ1n) is 10.6. The van der Waals surface area contributed by atoms with Crippen LogP contribution in [-0.4, -0.2) is 19.7 Å². The zero-order valence-corrected chi connectivity index (χ0v) is 16.9. The van der Waals surface area contributed by atoms with E-state index in [1.54, 1.807) is 0 Å². The summed E-state index contributed by atoms with van der Waals surface area (Å²) in [5, 5.41) is 0. The van der Waals surface area contributed by atoms with Gasteiger partial charge < -0.3 is 14.4 Å². The van der Waals surface area contributed by atoms with E-state index in [1.807, 2.05) is 36.4 Å². The summed E-state index contributed by atoms with van der Waals surface area (Å²) in [6.07, 6.45) is 3.76. The lowest BCUT2D eigenvalue weighted by Gasteiger charge is -2.25. The highest BCUT2D eigenvalue weighted by Crippen LogP contribution is 2.52. The molecule has 148 valence electrons. The van der Waals surface area contributed by atoms with E-state index in [0.29, 0.717) is 6.61 Å². The molecule has 0 saturated heterocycles. The fourth-order valence-corrected chi connectivity index (χ4v) is 4.74. The minimum atomic E-state index is -0.0799. The van der Waals surface area contributed by atoms with E-state index in [2.05, 4.69) is 48.2 Å². The van der Waals surface area contributed by atoms with Crippen molar-refractivity contribution in [2.45, 2.75) is 31.6 Å². The van der Waals surface area contributed by atoms with Crippen molar-refractivity contribution in [3.05, 3.63) is 83.9 Å². The van der Waals surface area contributed by atoms with Gasteiger partial charge in [-0.1, -0.05) is 62.2 Å². The molecule has 3 nitrogen and oxygen atoms in total. The zero-order chi connectivity index (χ0) is 19.7. The van der Waals surface area contributed by atoms with E-state index in [-0.39, 0.29) is 5.41 Å². The predicted molar refractivity (Wildman–Crippen MR) is 117 cm³/mol. The third-order valence-electron chi connectivity index (χ3n) is 6.17. The molecule has 29 heavy (non-hydrogen) atoms. The summed E-state index contributed by atoms with van der Waals surface area (Å²) in [5.41, 5.74) is 3.96. The second kappa shape index (κ2) is 7.47. The Morgan fingerprint density at radius 2 is 1.72 bits per heavy atom. The van der Waals surface area contributed by atoms with Gasteiger partial charge in [0, 0.05) is 30.4 Å². The monoisotopic (exact) mass is 385 g/mol. The second-order valence-electron chi connectivity index (χ2n) is 8.09. The van der Waals surface area contributed by atoms with Gasteiger partial charge in [0.2, 0.25) is 0 Å². The predicted octanol–water partition coefficient (Wildman–Crippen LogP) is 6.17.